The summed E-state index contributed by atoms with van der Waals surface area (Å²) in [5.74, 6) is -0.401. The predicted octanol–water partition coefficient (Wildman–Crippen LogP) is 5.14. The highest BCUT2D eigenvalue weighted by molar-refractivity contribution is 6.35. The molecular formula is C15H10Cl2FN. The van der Waals surface area contributed by atoms with Gasteiger partial charge in [0.15, 0.2) is 0 Å². The Morgan fingerprint density at radius 3 is 2.63 bits per heavy atom. The van der Waals surface area contributed by atoms with Gasteiger partial charge in [-0.2, -0.15) is 0 Å². The van der Waals surface area contributed by atoms with Crippen molar-refractivity contribution >= 4 is 34.1 Å². The van der Waals surface area contributed by atoms with Crippen LogP contribution in [0.1, 0.15) is 5.56 Å². The zero-order valence-corrected chi connectivity index (χ0v) is 11.4. The third-order valence-electron chi connectivity index (χ3n) is 3.11. The van der Waals surface area contributed by atoms with Gasteiger partial charge in [0.05, 0.1) is 15.6 Å². The second-order valence-electron chi connectivity index (χ2n) is 4.33. The van der Waals surface area contributed by atoms with Crippen LogP contribution in [0.4, 0.5) is 4.39 Å². The molecule has 0 unspecified atom stereocenters. The molecule has 0 saturated heterocycles. The standard InChI is InChI=1S/C15H10Cl2FN/c16-12-5-1-3-10-7-8-19(15(10)12)9-11-4-2-6-13(18)14(11)17/h1-8H,9H2. The lowest BCUT2D eigenvalue weighted by atomic mass is 10.2. The van der Waals surface area contributed by atoms with Gasteiger partial charge in [-0.15, -0.1) is 0 Å². The van der Waals surface area contributed by atoms with Crippen molar-refractivity contribution in [2.45, 2.75) is 6.54 Å². The van der Waals surface area contributed by atoms with E-state index in [1.54, 1.807) is 6.07 Å². The Labute approximate surface area is 120 Å². The molecule has 19 heavy (non-hydrogen) atoms. The van der Waals surface area contributed by atoms with Gasteiger partial charge in [0.25, 0.3) is 0 Å². The quantitative estimate of drug-likeness (QED) is 0.617. The van der Waals surface area contributed by atoms with Gasteiger partial charge >= 0.3 is 0 Å². The van der Waals surface area contributed by atoms with E-state index in [1.807, 2.05) is 41.1 Å². The molecule has 1 aromatic heterocycles. The normalized spacial score (nSPS) is 11.1. The van der Waals surface area contributed by atoms with E-state index in [0.717, 1.165) is 16.5 Å². The maximum absolute atomic E-state index is 13.4. The highest BCUT2D eigenvalue weighted by Gasteiger charge is 2.09. The Kier molecular flexibility index (Phi) is 3.21. The summed E-state index contributed by atoms with van der Waals surface area (Å²) in [4.78, 5) is 0. The molecule has 96 valence electrons. The first-order valence-electron chi connectivity index (χ1n) is 5.83. The molecule has 0 atom stereocenters. The Bertz CT molecular complexity index is 749. The van der Waals surface area contributed by atoms with Gasteiger partial charge in [-0.05, 0) is 23.8 Å². The third-order valence-corrected chi connectivity index (χ3v) is 3.84. The first-order valence-corrected chi connectivity index (χ1v) is 6.58. The van der Waals surface area contributed by atoms with Crippen molar-refractivity contribution in [3.05, 3.63) is 70.1 Å². The van der Waals surface area contributed by atoms with E-state index < -0.39 is 5.82 Å². The minimum atomic E-state index is -0.401. The Morgan fingerprint density at radius 2 is 1.79 bits per heavy atom. The van der Waals surface area contributed by atoms with Crippen LogP contribution < -0.4 is 0 Å². The number of halogens is 3. The second kappa shape index (κ2) is 4.87. The summed E-state index contributed by atoms with van der Waals surface area (Å²) in [5.41, 5.74) is 1.67. The molecule has 3 rings (SSSR count). The van der Waals surface area contributed by atoms with Crippen LogP contribution in [-0.4, -0.2) is 4.57 Å². The smallest absolute Gasteiger partial charge is 0.142 e. The maximum Gasteiger partial charge on any atom is 0.142 e. The number of fused-ring (bicyclic) bond motifs is 1. The van der Waals surface area contributed by atoms with Crippen LogP contribution in [0.15, 0.2) is 48.7 Å². The number of rotatable bonds is 2. The summed E-state index contributed by atoms with van der Waals surface area (Å²) in [7, 11) is 0. The van der Waals surface area contributed by atoms with E-state index in [0.29, 0.717) is 11.6 Å². The van der Waals surface area contributed by atoms with Gasteiger partial charge in [0, 0.05) is 18.1 Å². The minimum absolute atomic E-state index is 0.163. The van der Waals surface area contributed by atoms with Crippen LogP contribution in [0.25, 0.3) is 10.9 Å². The van der Waals surface area contributed by atoms with Crippen molar-refractivity contribution in [3.8, 4) is 0 Å². The Balaban J connectivity index is 2.09. The van der Waals surface area contributed by atoms with Crippen LogP contribution in [0.3, 0.4) is 0 Å². The zero-order valence-electron chi connectivity index (χ0n) is 9.91. The van der Waals surface area contributed by atoms with Crippen LogP contribution in [0, 0.1) is 5.82 Å². The number of para-hydroxylation sites is 1. The fourth-order valence-electron chi connectivity index (χ4n) is 2.20. The van der Waals surface area contributed by atoms with Crippen LogP contribution >= 0.6 is 23.2 Å². The monoisotopic (exact) mass is 293 g/mol. The van der Waals surface area contributed by atoms with E-state index in [-0.39, 0.29) is 5.02 Å². The lowest BCUT2D eigenvalue weighted by Gasteiger charge is -2.09. The molecule has 0 saturated carbocycles. The van der Waals surface area contributed by atoms with Gasteiger partial charge in [-0.3, -0.25) is 0 Å². The largest absolute Gasteiger partial charge is 0.342 e. The molecule has 0 spiro atoms. The number of hydrogen-bond donors (Lipinski definition) is 0. The Morgan fingerprint density at radius 1 is 1.00 bits per heavy atom. The van der Waals surface area contributed by atoms with Crippen molar-refractivity contribution in [2.24, 2.45) is 0 Å². The number of aromatic nitrogens is 1. The van der Waals surface area contributed by atoms with E-state index in [9.17, 15) is 4.39 Å². The highest BCUT2D eigenvalue weighted by Crippen LogP contribution is 2.27. The second-order valence-corrected chi connectivity index (χ2v) is 5.12. The minimum Gasteiger partial charge on any atom is -0.342 e. The third kappa shape index (κ3) is 2.22. The average Bonchev–Trinajstić information content (AvgIpc) is 2.80. The topological polar surface area (TPSA) is 4.93 Å². The highest BCUT2D eigenvalue weighted by atomic mass is 35.5. The van der Waals surface area contributed by atoms with E-state index in [4.69, 9.17) is 23.2 Å². The zero-order chi connectivity index (χ0) is 13.4. The van der Waals surface area contributed by atoms with Crippen molar-refractivity contribution < 1.29 is 4.39 Å². The summed E-state index contributed by atoms with van der Waals surface area (Å²) in [6, 6.07) is 12.5. The first-order chi connectivity index (χ1) is 9.16. The predicted molar refractivity (Wildman–Crippen MR) is 77.5 cm³/mol. The van der Waals surface area contributed by atoms with Crippen molar-refractivity contribution in [2.75, 3.05) is 0 Å². The average molecular weight is 294 g/mol. The molecule has 0 fully saturated rings. The van der Waals surface area contributed by atoms with E-state index in [1.165, 1.54) is 6.07 Å². The number of hydrogen-bond acceptors (Lipinski definition) is 0. The van der Waals surface area contributed by atoms with Crippen LogP contribution in [-0.2, 0) is 6.54 Å². The summed E-state index contributed by atoms with van der Waals surface area (Å²) < 4.78 is 15.4. The van der Waals surface area contributed by atoms with Gasteiger partial charge in [-0.1, -0.05) is 47.5 Å². The lowest BCUT2D eigenvalue weighted by Crippen LogP contribution is -2.00. The molecule has 0 aliphatic rings. The van der Waals surface area contributed by atoms with Crippen molar-refractivity contribution in [1.29, 1.82) is 0 Å². The van der Waals surface area contributed by atoms with Gasteiger partial charge in [-0.25, -0.2) is 4.39 Å². The fraction of sp³-hybridized carbons (Fsp3) is 0.0667. The van der Waals surface area contributed by atoms with E-state index >= 15 is 0 Å². The molecular weight excluding hydrogens is 284 g/mol. The Hall–Kier alpha value is -1.51. The lowest BCUT2D eigenvalue weighted by molar-refractivity contribution is 0.624. The van der Waals surface area contributed by atoms with Crippen LogP contribution in [0.2, 0.25) is 10.0 Å². The molecule has 0 N–H and O–H groups in total. The molecule has 0 bridgehead atoms. The molecule has 0 radical (unpaired) electrons. The van der Waals surface area contributed by atoms with Crippen molar-refractivity contribution in [3.63, 3.8) is 0 Å². The first kappa shape index (κ1) is 12.5. The molecule has 1 nitrogen and oxygen atoms in total. The summed E-state index contributed by atoms with van der Waals surface area (Å²) in [5, 5.41) is 1.89. The SMILES string of the molecule is Fc1cccc(Cn2ccc3cccc(Cl)c32)c1Cl. The number of benzene rings is 2. The van der Waals surface area contributed by atoms with Gasteiger partial charge in [0.1, 0.15) is 5.82 Å². The fourth-order valence-corrected chi connectivity index (χ4v) is 2.68. The molecule has 2 aromatic carbocycles. The molecule has 3 aromatic rings. The van der Waals surface area contributed by atoms with E-state index in [2.05, 4.69) is 0 Å². The number of nitrogens with zero attached hydrogens (tertiary/aromatic N) is 1. The van der Waals surface area contributed by atoms with Gasteiger partial charge < -0.3 is 4.57 Å². The van der Waals surface area contributed by atoms with Gasteiger partial charge in [0.2, 0.25) is 0 Å². The summed E-state index contributed by atoms with van der Waals surface area (Å²) >= 11 is 12.2. The molecule has 0 aliphatic carbocycles. The maximum atomic E-state index is 13.4. The summed E-state index contributed by atoms with van der Waals surface area (Å²) in [6.07, 6.45) is 1.93. The molecule has 4 heteroatoms. The molecule has 0 aliphatic heterocycles. The van der Waals surface area contributed by atoms with Crippen molar-refractivity contribution in [1.82, 2.24) is 4.57 Å². The molecule has 0 amide bonds. The summed E-state index contributed by atoms with van der Waals surface area (Å²) in [6.45, 7) is 0.490. The van der Waals surface area contributed by atoms with Crippen LogP contribution in [0.5, 0.6) is 0 Å². The molecule has 1 heterocycles.